The summed E-state index contributed by atoms with van der Waals surface area (Å²) in [5.41, 5.74) is 2.52. The summed E-state index contributed by atoms with van der Waals surface area (Å²) in [6, 6.07) is 15.3. The SMILES string of the molecule is CC1(C)OB(c2cccc(CCCCN3C(=O)c4ccccc4C3=O)c2)OC1(C)C. The van der Waals surface area contributed by atoms with Gasteiger partial charge in [-0.1, -0.05) is 36.4 Å². The molecule has 0 N–H and O–H groups in total. The summed E-state index contributed by atoms with van der Waals surface area (Å²) in [5.74, 6) is -0.364. The molecule has 1 saturated heterocycles. The second-order valence-corrected chi connectivity index (χ2v) is 9.10. The molecule has 156 valence electrons. The van der Waals surface area contributed by atoms with E-state index in [1.807, 2.05) is 12.1 Å². The van der Waals surface area contributed by atoms with Gasteiger partial charge in [-0.3, -0.25) is 14.5 Å². The van der Waals surface area contributed by atoms with Gasteiger partial charge in [-0.2, -0.15) is 0 Å². The van der Waals surface area contributed by atoms with Crippen LogP contribution in [0.1, 0.15) is 66.8 Å². The van der Waals surface area contributed by atoms with Gasteiger partial charge in [-0.25, -0.2) is 0 Å². The first-order chi connectivity index (χ1) is 14.2. The Morgan fingerprint density at radius 1 is 0.833 bits per heavy atom. The van der Waals surface area contributed by atoms with Crippen LogP contribution in [0.15, 0.2) is 48.5 Å². The first kappa shape index (κ1) is 20.8. The highest BCUT2D eigenvalue weighted by Gasteiger charge is 2.51. The number of carbonyl (C=O) groups excluding carboxylic acids is 2. The smallest absolute Gasteiger partial charge is 0.399 e. The molecule has 0 atom stereocenters. The summed E-state index contributed by atoms with van der Waals surface area (Å²) >= 11 is 0. The van der Waals surface area contributed by atoms with Crippen LogP contribution in [0.4, 0.5) is 0 Å². The highest BCUT2D eigenvalue weighted by molar-refractivity contribution is 6.62. The van der Waals surface area contributed by atoms with Gasteiger partial charge in [0, 0.05) is 6.54 Å². The molecular weight excluding hydrogens is 377 g/mol. The van der Waals surface area contributed by atoms with Gasteiger partial charge < -0.3 is 9.31 Å². The van der Waals surface area contributed by atoms with Crippen LogP contribution in [0.5, 0.6) is 0 Å². The second kappa shape index (κ2) is 7.67. The number of rotatable bonds is 6. The Balaban J connectivity index is 1.32. The number of aryl methyl sites for hydroxylation is 1. The number of amides is 2. The molecule has 0 bridgehead atoms. The molecule has 0 spiro atoms. The third kappa shape index (κ3) is 3.70. The van der Waals surface area contributed by atoms with Crippen molar-refractivity contribution in [3.8, 4) is 0 Å². The Morgan fingerprint density at radius 3 is 2.03 bits per heavy atom. The molecular formula is C24H28BNO4. The van der Waals surface area contributed by atoms with E-state index in [-0.39, 0.29) is 30.1 Å². The fraction of sp³-hybridized carbons (Fsp3) is 0.417. The summed E-state index contributed by atoms with van der Waals surface area (Å²) in [6.45, 7) is 8.65. The number of benzene rings is 2. The van der Waals surface area contributed by atoms with E-state index in [1.165, 1.54) is 10.5 Å². The van der Waals surface area contributed by atoms with Crippen LogP contribution in [0.2, 0.25) is 0 Å². The Hall–Kier alpha value is -2.44. The molecule has 2 aromatic rings. The lowest BCUT2D eigenvalue weighted by molar-refractivity contribution is 0.00578. The lowest BCUT2D eigenvalue weighted by Crippen LogP contribution is -2.41. The maximum Gasteiger partial charge on any atom is 0.494 e. The van der Waals surface area contributed by atoms with Crippen molar-refractivity contribution in [1.82, 2.24) is 4.90 Å². The van der Waals surface area contributed by atoms with E-state index in [2.05, 4.69) is 39.8 Å². The van der Waals surface area contributed by atoms with Gasteiger partial charge in [0.25, 0.3) is 11.8 Å². The topological polar surface area (TPSA) is 55.8 Å². The van der Waals surface area contributed by atoms with Crippen molar-refractivity contribution in [2.24, 2.45) is 0 Å². The zero-order chi connectivity index (χ0) is 21.5. The van der Waals surface area contributed by atoms with Crippen molar-refractivity contribution < 1.29 is 18.9 Å². The van der Waals surface area contributed by atoms with E-state index in [1.54, 1.807) is 24.3 Å². The number of carbonyl (C=O) groups is 2. The molecule has 1 fully saturated rings. The molecule has 6 heteroatoms. The predicted octanol–water partition coefficient (Wildman–Crippen LogP) is 3.60. The Kier molecular flexibility index (Phi) is 5.33. The summed E-state index contributed by atoms with van der Waals surface area (Å²) in [4.78, 5) is 26.3. The van der Waals surface area contributed by atoms with Crippen molar-refractivity contribution in [2.45, 2.75) is 58.2 Å². The monoisotopic (exact) mass is 405 g/mol. The highest BCUT2D eigenvalue weighted by Crippen LogP contribution is 2.36. The van der Waals surface area contributed by atoms with Gasteiger partial charge in [-0.15, -0.1) is 0 Å². The maximum atomic E-state index is 12.4. The number of nitrogens with zero attached hydrogens (tertiary/aromatic N) is 1. The molecule has 2 heterocycles. The standard InChI is InChI=1S/C24H28BNO4/c1-23(2)24(3,4)30-25(29-23)18-12-9-11-17(16-18)10-7-8-15-26-21(27)19-13-5-6-14-20(19)22(26)28/h5-6,9,11-14,16H,7-8,10,15H2,1-4H3. The lowest BCUT2D eigenvalue weighted by atomic mass is 9.78. The minimum Gasteiger partial charge on any atom is -0.399 e. The van der Waals surface area contributed by atoms with Gasteiger partial charge in [0.05, 0.1) is 22.3 Å². The number of fused-ring (bicyclic) bond motifs is 1. The molecule has 2 amide bonds. The minimum absolute atomic E-state index is 0.182. The summed E-state index contributed by atoms with van der Waals surface area (Å²) in [6.07, 6.45) is 2.53. The van der Waals surface area contributed by atoms with Crippen molar-refractivity contribution in [1.29, 1.82) is 0 Å². The van der Waals surface area contributed by atoms with Crippen LogP contribution in [-0.2, 0) is 15.7 Å². The van der Waals surface area contributed by atoms with Gasteiger partial charge >= 0.3 is 7.12 Å². The first-order valence-corrected chi connectivity index (χ1v) is 10.6. The summed E-state index contributed by atoms with van der Waals surface area (Å²) < 4.78 is 12.3. The Bertz CT molecular complexity index is 934. The summed E-state index contributed by atoms with van der Waals surface area (Å²) in [5, 5.41) is 0. The molecule has 5 nitrogen and oxygen atoms in total. The lowest BCUT2D eigenvalue weighted by Gasteiger charge is -2.32. The number of hydrogen-bond acceptors (Lipinski definition) is 4. The maximum absolute atomic E-state index is 12.4. The minimum atomic E-state index is -0.367. The molecule has 0 aromatic heterocycles. The molecule has 4 rings (SSSR count). The van der Waals surface area contributed by atoms with E-state index >= 15 is 0 Å². The van der Waals surface area contributed by atoms with Crippen LogP contribution >= 0.6 is 0 Å². The third-order valence-electron chi connectivity index (χ3n) is 6.45. The normalized spacial score (nSPS) is 19.5. The predicted molar refractivity (Wildman–Crippen MR) is 117 cm³/mol. The largest absolute Gasteiger partial charge is 0.494 e. The van der Waals surface area contributed by atoms with E-state index in [4.69, 9.17) is 9.31 Å². The van der Waals surface area contributed by atoms with Crippen LogP contribution < -0.4 is 5.46 Å². The van der Waals surface area contributed by atoms with E-state index in [0.29, 0.717) is 17.7 Å². The number of unbranched alkanes of at least 4 members (excludes halogenated alkanes) is 1. The Labute approximate surface area is 178 Å². The average molecular weight is 405 g/mol. The van der Waals surface area contributed by atoms with E-state index in [0.717, 1.165) is 24.7 Å². The van der Waals surface area contributed by atoms with Gasteiger partial charge in [0.2, 0.25) is 0 Å². The fourth-order valence-corrected chi connectivity index (χ4v) is 3.92. The van der Waals surface area contributed by atoms with Crippen LogP contribution in [-0.4, -0.2) is 41.6 Å². The van der Waals surface area contributed by atoms with Crippen molar-refractivity contribution in [3.63, 3.8) is 0 Å². The van der Waals surface area contributed by atoms with Gasteiger partial charge in [-0.05, 0) is 70.1 Å². The quantitative estimate of drug-likeness (QED) is 0.419. The van der Waals surface area contributed by atoms with Crippen molar-refractivity contribution in [2.75, 3.05) is 6.54 Å². The Morgan fingerprint density at radius 2 is 1.43 bits per heavy atom. The third-order valence-corrected chi connectivity index (χ3v) is 6.45. The molecule has 0 unspecified atom stereocenters. The van der Waals surface area contributed by atoms with Gasteiger partial charge in [0.1, 0.15) is 0 Å². The van der Waals surface area contributed by atoms with Crippen LogP contribution in [0.25, 0.3) is 0 Å². The molecule has 2 aromatic carbocycles. The molecule has 0 aliphatic carbocycles. The van der Waals surface area contributed by atoms with Gasteiger partial charge in [0.15, 0.2) is 0 Å². The summed E-state index contributed by atoms with van der Waals surface area (Å²) in [7, 11) is -0.367. The number of hydrogen-bond donors (Lipinski definition) is 0. The zero-order valence-electron chi connectivity index (χ0n) is 18.1. The zero-order valence-corrected chi connectivity index (χ0v) is 18.1. The molecule has 2 aliphatic rings. The fourth-order valence-electron chi connectivity index (χ4n) is 3.92. The van der Waals surface area contributed by atoms with Crippen LogP contribution in [0.3, 0.4) is 0 Å². The van der Waals surface area contributed by atoms with Crippen molar-refractivity contribution >= 4 is 24.4 Å². The molecule has 0 radical (unpaired) electrons. The van der Waals surface area contributed by atoms with Crippen LogP contribution in [0, 0.1) is 0 Å². The van der Waals surface area contributed by atoms with Crippen molar-refractivity contribution in [3.05, 3.63) is 65.2 Å². The molecule has 2 aliphatic heterocycles. The van der Waals surface area contributed by atoms with E-state index < -0.39 is 0 Å². The average Bonchev–Trinajstić information content (AvgIpc) is 3.08. The second-order valence-electron chi connectivity index (χ2n) is 9.10. The molecule has 30 heavy (non-hydrogen) atoms. The van der Waals surface area contributed by atoms with E-state index in [9.17, 15) is 9.59 Å². The first-order valence-electron chi connectivity index (χ1n) is 10.6. The number of imide groups is 1. The highest BCUT2D eigenvalue weighted by atomic mass is 16.7. The molecule has 0 saturated carbocycles.